The smallest absolute Gasteiger partial charge is 0.335 e. The number of carboxylic acids is 1. The van der Waals surface area contributed by atoms with Gasteiger partial charge < -0.3 is 14.9 Å². The highest BCUT2D eigenvalue weighted by Crippen LogP contribution is 2.21. The van der Waals surface area contributed by atoms with Crippen LogP contribution < -0.4 is 4.74 Å². The summed E-state index contributed by atoms with van der Waals surface area (Å²) in [4.78, 5) is 10.7. The van der Waals surface area contributed by atoms with Gasteiger partial charge in [0.1, 0.15) is 11.5 Å². The van der Waals surface area contributed by atoms with E-state index in [0.717, 1.165) is 12.8 Å². The molecule has 0 amide bonds. The Morgan fingerprint density at radius 2 is 2.13 bits per heavy atom. The quantitative estimate of drug-likeness (QED) is 0.731. The van der Waals surface area contributed by atoms with Gasteiger partial charge >= 0.3 is 5.97 Å². The Labute approximate surface area is 88.1 Å². The van der Waals surface area contributed by atoms with Crippen LogP contribution in [0, 0.1) is 0 Å². The summed E-state index contributed by atoms with van der Waals surface area (Å²) in [6.45, 7) is 2.56. The molecule has 0 unspecified atom stereocenters. The number of benzene rings is 1. The Bertz CT molecular complexity index is 346. The molecule has 4 nitrogen and oxygen atoms in total. The third-order valence-electron chi connectivity index (χ3n) is 1.90. The van der Waals surface area contributed by atoms with E-state index in [0.29, 0.717) is 12.4 Å². The predicted molar refractivity (Wildman–Crippen MR) is 55.5 cm³/mol. The maximum Gasteiger partial charge on any atom is 0.335 e. The number of hydrogen-bond donors (Lipinski definition) is 2. The molecule has 0 aliphatic heterocycles. The number of phenolic OH excluding ortho intramolecular Hbond substituents is 1. The fraction of sp³-hybridized carbons (Fsp3) is 0.364. The molecular weight excluding hydrogens is 196 g/mol. The van der Waals surface area contributed by atoms with Crippen molar-refractivity contribution in [3.05, 3.63) is 23.8 Å². The van der Waals surface area contributed by atoms with Gasteiger partial charge in [-0.3, -0.25) is 0 Å². The van der Waals surface area contributed by atoms with Gasteiger partial charge in [-0.2, -0.15) is 0 Å². The number of hydrogen-bond acceptors (Lipinski definition) is 3. The lowest BCUT2D eigenvalue weighted by Crippen LogP contribution is -2.00. The van der Waals surface area contributed by atoms with Crippen LogP contribution in [0.25, 0.3) is 0 Å². The molecule has 0 spiro atoms. The summed E-state index contributed by atoms with van der Waals surface area (Å²) in [5.74, 6) is -0.784. The lowest BCUT2D eigenvalue weighted by molar-refractivity contribution is 0.0696. The number of carbonyl (C=O) groups is 1. The van der Waals surface area contributed by atoms with Crippen LogP contribution >= 0.6 is 0 Å². The van der Waals surface area contributed by atoms with Crippen molar-refractivity contribution < 1.29 is 19.7 Å². The van der Waals surface area contributed by atoms with Crippen molar-refractivity contribution in [2.45, 2.75) is 19.8 Å². The molecule has 1 aromatic rings. The molecule has 0 aliphatic rings. The number of phenols is 1. The van der Waals surface area contributed by atoms with Gasteiger partial charge in [-0.15, -0.1) is 0 Å². The van der Waals surface area contributed by atoms with Crippen molar-refractivity contribution >= 4 is 5.97 Å². The molecule has 0 saturated carbocycles. The second-order valence-electron chi connectivity index (χ2n) is 3.22. The third-order valence-corrected chi connectivity index (χ3v) is 1.90. The molecule has 0 radical (unpaired) electrons. The van der Waals surface area contributed by atoms with Gasteiger partial charge in [0.25, 0.3) is 0 Å². The van der Waals surface area contributed by atoms with E-state index < -0.39 is 5.97 Å². The standard InChI is InChI=1S/C11H14O4/c1-2-3-4-15-10-6-8(11(13)14)5-9(12)7-10/h5-7,12H,2-4H2,1H3,(H,13,14). The minimum absolute atomic E-state index is 0.0292. The lowest BCUT2D eigenvalue weighted by Gasteiger charge is -2.06. The Hall–Kier alpha value is -1.71. The molecular formula is C11H14O4. The molecule has 0 aliphatic carbocycles. The monoisotopic (exact) mass is 210 g/mol. The summed E-state index contributed by atoms with van der Waals surface area (Å²) in [7, 11) is 0. The largest absolute Gasteiger partial charge is 0.508 e. The van der Waals surface area contributed by atoms with Gasteiger partial charge in [-0.25, -0.2) is 4.79 Å². The zero-order valence-corrected chi connectivity index (χ0v) is 8.56. The Morgan fingerprint density at radius 1 is 1.40 bits per heavy atom. The van der Waals surface area contributed by atoms with E-state index in [1.807, 2.05) is 6.92 Å². The van der Waals surface area contributed by atoms with Gasteiger partial charge in [0, 0.05) is 6.07 Å². The molecule has 0 atom stereocenters. The fourth-order valence-electron chi connectivity index (χ4n) is 1.12. The zero-order chi connectivity index (χ0) is 11.3. The van der Waals surface area contributed by atoms with Crippen LogP contribution in [-0.4, -0.2) is 22.8 Å². The molecule has 2 N–H and O–H groups in total. The maximum absolute atomic E-state index is 10.7. The highest BCUT2D eigenvalue weighted by Gasteiger charge is 2.06. The maximum atomic E-state index is 10.7. The predicted octanol–water partition coefficient (Wildman–Crippen LogP) is 2.27. The SMILES string of the molecule is CCCCOc1cc(O)cc(C(=O)O)c1. The Kier molecular flexibility index (Phi) is 3.97. The van der Waals surface area contributed by atoms with Crippen LogP contribution in [0.5, 0.6) is 11.5 Å². The molecule has 0 heterocycles. The van der Waals surface area contributed by atoms with Gasteiger partial charge in [0.15, 0.2) is 0 Å². The molecule has 1 rings (SSSR count). The Morgan fingerprint density at radius 3 is 2.73 bits per heavy atom. The van der Waals surface area contributed by atoms with E-state index in [9.17, 15) is 9.90 Å². The second kappa shape index (κ2) is 5.24. The normalized spacial score (nSPS) is 9.93. The summed E-state index contributed by atoms with van der Waals surface area (Å²) in [5.41, 5.74) is 0.0292. The van der Waals surface area contributed by atoms with Crippen molar-refractivity contribution in [1.82, 2.24) is 0 Å². The number of aromatic carboxylic acids is 1. The average molecular weight is 210 g/mol. The van der Waals surface area contributed by atoms with Gasteiger partial charge in [0.05, 0.1) is 12.2 Å². The second-order valence-corrected chi connectivity index (χ2v) is 3.22. The van der Waals surface area contributed by atoms with E-state index >= 15 is 0 Å². The van der Waals surface area contributed by atoms with Crippen LogP contribution in [0.2, 0.25) is 0 Å². The number of carboxylic acid groups (broad SMARTS) is 1. The van der Waals surface area contributed by atoms with Crippen molar-refractivity contribution in [3.63, 3.8) is 0 Å². The topological polar surface area (TPSA) is 66.8 Å². The number of unbranched alkanes of at least 4 members (excludes halogenated alkanes) is 1. The van der Waals surface area contributed by atoms with E-state index in [-0.39, 0.29) is 11.3 Å². The summed E-state index contributed by atoms with van der Waals surface area (Å²) < 4.78 is 5.29. The molecule has 0 aromatic heterocycles. The fourth-order valence-corrected chi connectivity index (χ4v) is 1.12. The molecule has 4 heteroatoms. The molecule has 0 saturated heterocycles. The summed E-state index contributed by atoms with van der Waals surface area (Å²) in [6.07, 6.45) is 1.91. The van der Waals surface area contributed by atoms with Crippen molar-refractivity contribution in [1.29, 1.82) is 0 Å². The molecule has 15 heavy (non-hydrogen) atoms. The number of aromatic hydroxyl groups is 1. The van der Waals surface area contributed by atoms with E-state index in [1.165, 1.54) is 18.2 Å². The first-order chi connectivity index (χ1) is 7.13. The Balaban J connectivity index is 2.75. The van der Waals surface area contributed by atoms with Crippen molar-refractivity contribution in [3.8, 4) is 11.5 Å². The van der Waals surface area contributed by atoms with E-state index in [1.54, 1.807) is 0 Å². The van der Waals surface area contributed by atoms with Crippen LogP contribution in [0.1, 0.15) is 30.1 Å². The van der Waals surface area contributed by atoms with Crippen LogP contribution in [0.3, 0.4) is 0 Å². The summed E-state index contributed by atoms with van der Waals surface area (Å²) in [5, 5.41) is 18.0. The number of rotatable bonds is 5. The average Bonchev–Trinajstić information content (AvgIpc) is 2.17. The van der Waals surface area contributed by atoms with Gasteiger partial charge in [0.2, 0.25) is 0 Å². The van der Waals surface area contributed by atoms with Gasteiger partial charge in [-0.1, -0.05) is 13.3 Å². The highest BCUT2D eigenvalue weighted by molar-refractivity contribution is 5.88. The van der Waals surface area contributed by atoms with Crippen LogP contribution in [0.4, 0.5) is 0 Å². The molecule has 1 aromatic carbocycles. The van der Waals surface area contributed by atoms with Gasteiger partial charge in [-0.05, 0) is 18.6 Å². The minimum atomic E-state index is -1.08. The first-order valence-electron chi connectivity index (χ1n) is 4.83. The number of ether oxygens (including phenoxy) is 1. The van der Waals surface area contributed by atoms with E-state index in [2.05, 4.69) is 0 Å². The third kappa shape index (κ3) is 3.50. The minimum Gasteiger partial charge on any atom is -0.508 e. The lowest BCUT2D eigenvalue weighted by atomic mass is 10.2. The summed E-state index contributed by atoms with van der Waals surface area (Å²) >= 11 is 0. The molecule has 0 fully saturated rings. The highest BCUT2D eigenvalue weighted by atomic mass is 16.5. The first-order valence-corrected chi connectivity index (χ1v) is 4.83. The molecule has 0 bridgehead atoms. The van der Waals surface area contributed by atoms with Crippen LogP contribution in [0.15, 0.2) is 18.2 Å². The zero-order valence-electron chi connectivity index (χ0n) is 8.56. The first kappa shape index (κ1) is 11.4. The summed E-state index contributed by atoms with van der Waals surface area (Å²) in [6, 6.07) is 3.99. The molecule has 82 valence electrons. The van der Waals surface area contributed by atoms with Crippen molar-refractivity contribution in [2.75, 3.05) is 6.61 Å². The van der Waals surface area contributed by atoms with E-state index in [4.69, 9.17) is 9.84 Å². The van der Waals surface area contributed by atoms with Crippen molar-refractivity contribution in [2.24, 2.45) is 0 Å². The van der Waals surface area contributed by atoms with Crippen LogP contribution in [-0.2, 0) is 0 Å².